The highest BCUT2D eigenvalue weighted by Gasteiger charge is 2.02. The Labute approximate surface area is 117 Å². The van der Waals surface area contributed by atoms with Gasteiger partial charge < -0.3 is 0 Å². The molecule has 18 heavy (non-hydrogen) atoms. The predicted molar refractivity (Wildman–Crippen MR) is 87.6 cm³/mol. The molecule has 0 unspecified atom stereocenters. The first kappa shape index (κ1) is 16.8. The van der Waals surface area contributed by atoms with Gasteiger partial charge >= 0.3 is 0 Å². The Balaban J connectivity index is 5.16. The van der Waals surface area contributed by atoms with Crippen LogP contribution in [0.4, 0.5) is 0 Å². The van der Waals surface area contributed by atoms with Crippen LogP contribution in [0.15, 0.2) is 70.1 Å². The van der Waals surface area contributed by atoms with Gasteiger partial charge in [0.05, 0.1) is 0 Å². The zero-order valence-corrected chi connectivity index (χ0v) is 13.0. The van der Waals surface area contributed by atoms with Gasteiger partial charge in [-0.1, -0.05) is 60.4 Å². The molecule has 0 aromatic heterocycles. The van der Waals surface area contributed by atoms with Crippen LogP contribution in [-0.4, -0.2) is 0 Å². The van der Waals surface area contributed by atoms with E-state index in [0.717, 1.165) is 0 Å². The lowest BCUT2D eigenvalue weighted by Gasteiger charge is -2.08. The van der Waals surface area contributed by atoms with Gasteiger partial charge in [0.2, 0.25) is 0 Å². The number of rotatable bonds is 6. The van der Waals surface area contributed by atoms with Crippen molar-refractivity contribution in [1.82, 2.24) is 0 Å². The first-order chi connectivity index (χ1) is 8.46. The highest BCUT2D eigenvalue weighted by atomic mass is 32.2. The van der Waals surface area contributed by atoms with Crippen molar-refractivity contribution in [3.8, 4) is 0 Å². The Kier molecular flexibility index (Phi) is 8.23. The fourth-order valence-electron chi connectivity index (χ4n) is 1.24. The molecule has 0 spiro atoms. The molecule has 98 valence electrons. The van der Waals surface area contributed by atoms with Gasteiger partial charge in [0, 0.05) is 9.81 Å². The molecule has 0 N–H and O–H groups in total. The third kappa shape index (κ3) is 5.92. The summed E-state index contributed by atoms with van der Waals surface area (Å²) in [5, 5.41) is 0. The van der Waals surface area contributed by atoms with Crippen LogP contribution in [0.25, 0.3) is 0 Å². The summed E-state index contributed by atoms with van der Waals surface area (Å²) in [5.74, 6) is 0. The van der Waals surface area contributed by atoms with Gasteiger partial charge in [-0.2, -0.15) is 0 Å². The first-order valence-electron chi connectivity index (χ1n) is 6.08. The third-order valence-electron chi connectivity index (χ3n) is 2.60. The molecule has 0 aliphatic carbocycles. The summed E-state index contributed by atoms with van der Waals surface area (Å²) in [6.07, 6.45) is 10.0. The van der Waals surface area contributed by atoms with Crippen molar-refractivity contribution in [3.63, 3.8) is 0 Å². The summed E-state index contributed by atoms with van der Waals surface area (Å²) in [7, 11) is 0. The molecule has 0 aromatic carbocycles. The van der Waals surface area contributed by atoms with E-state index in [0.29, 0.717) is 0 Å². The monoisotopic (exact) mass is 260 g/mol. The lowest BCUT2D eigenvalue weighted by molar-refractivity contribution is 1.29. The van der Waals surface area contributed by atoms with E-state index in [1.807, 2.05) is 18.2 Å². The normalized spacial score (nSPS) is 13.3. The molecule has 0 amide bonds. The van der Waals surface area contributed by atoms with Crippen LogP contribution in [0.5, 0.6) is 0 Å². The SMILES string of the molecule is C=C/C=C(C)\C(=C/C)S/C(C=C)=C/C(C)=C(C)C. The lowest BCUT2D eigenvalue weighted by Crippen LogP contribution is -1.83. The third-order valence-corrected chi connectivity index (χ3v) is 3.89. The van der Waals surface area contributed by atoms with E-state index in [2.05, 4.69) is 59.9 Å². The molecule has 0 aromatic rings. The molecule has 1 heteroatoms. The molecule has 0 nitrogen and oxygen atoms in total. The minimum atomic E-state index is 1.17. The Bertz CT molecular complexity index is 425. The zero-order valence-electron chi connectivity index (χ0n) is 12.2. The Morgan fingerprint density at radius 3 is 2.06 bits per heavy atom. The van der Waals surface area contributed by atoms with Gasteiger partial charge in [0.25, 0.3) is 0 Å². The maximum Gasteiger partial charge on any atom is 0.0119 e. The van der Waals surface area contributed by atoms with Gasteiger partial charge in [-0.15, -0.1) is 0 Å². The molecule has 0 atom stereocenters. The predicted octanol–water partition coefficient (Wildman–Crippen LogP) is 6.18. The van der Waals surface area contributed by atoms with E-state index in [1.54, 1.807) is 11.8 Å². The standard InChI is InChI=1S/C17H24S/c1-8-11-14(6)17(10-3)18-16(9-2)12-15(7)13(4)5/h8-12H,1-2H2,3-7H3/b14-11-,16-12+,17-10+. The summed E-state index contributed by atoms with van der Waals surface area (Å²) in [5.41, 5.74) is 3.84. The van der Waals surface area contributed by atoms with Gasteiger partial charge in [-0.25, -0.2) is 0 Å². The number of thioether (sulfide) groups is 1. The van der Waals surface area contributed by atoms with E-state index in [-0.39, 0.29) is 0 Å². The molecular weight excluding hydrogens is 236 g/mol. The number of allylic oxidation sites excluding steroid dienone is 8. The van der Waals surface area contributed by atoms with Crippen molar-refractivity contribution in [2.75, 3.05) is 0 Å². The van der Waals surface area contributed by atoms with Crippen molar-refractivity contribution < 1.29 is 0 Å². The maximum absolute atomic E-state index is 3.89. The molecule has 0 radical (unpaired) electrons. The zero-order chi connectivity index (χ0) is 14.1. The van der Waals surface area contributed by atoms with Crippen LogP contribution in [0, 0.1) is 0 Å². The second kappa shape index (κ2) is 8.82. The van der Waals surface area contributed by atoms with Crippen LogP contribution in [0.1, 0.15) is 34.6 Å². The largest absolute Gasteiger partial charge is 0.0991 e. The molecule has 0 aliphatic heterocycles. The van der Waals surface area contributed by atoms with Crippen LogP contribution in [0.2, 0.25) is 0 Å². The van der Waals surface area contributed by atoms with Crippen molar-refractivity contribution in [3.05, 3.63) is 70.1 Å². The van der Waals surface area contributed by atoms with Crippen LogP contribution < -0.4 is 0 Å². The maximum atomic E-state index is 3.89. The van der Waals surface area contributed by atoms with Crippen molar-refractivity contribution in [2.45, 2.75) is 34.6 Å². The van der Waals surface area contributed by atoms with Crippen molar-refractivity contribution in [1.29, 1.82) is 0 Å². The van der Waals surface area contributed by atoms with Gasteiger partial charge in [0.1, 0.15) is 0 Å². The van der Waals surface area contributed by atoms with E-state index in [4.69, 9.17) is 0 Å². The molecule has 0 aliphatic rings. The molecule has 0 rings (SSSR count). The van der Waals surface area contributed by atoms with E-state index >= 15 is 0 Å². The molecule has 0 heterocycles. The van der Waals surface area contributed by atoms with Gasteiger partial charge in [-0.05, 0) is 46.3 Å². The second-order valence-corrected chi connectivity index (χ2v) is 5.39. The van der Waals surface area contributed by atoms with E-state index in [9.17, 15) is 0 Å². The minimum Gasteiger partial charge on any atom is -0.0991 e. The summed E-state index contributed by atoms with van der Waals surface area (Å²) < 4.78 is 0. The number of hydrogen-bond acceptors (Lipinski definition) is 1. The summed E-state index contributed by atoms with van der Waals surface area (Å²) >= 11 is 1.74. The van der Waals surface area contributed by atoms with Gasteiger partial charge in [-0.3, -0.25) is 0 Å². The number of hydrogen-bond donors (Lipinski definition) is 0. The lowest BCUT2D eigenvalue weighted by atomic mass is 10.1. The molecule has 0 fully saturated rings. The highest BCUT2D eigenvalue weighted by Crippen LogP contribution is 2.32. The van der Waals surface area contributed by atoms with Crippen LogP contribution in [-0.2, 0) is 0 Å². The topological polar surface area (TPSA) is 0 Å². The molecule has 0 bridgehead atoms. The average Bonchev–Trinajstić information content (AvgIpc) is 2.33. The van der Waals surface area contributed by atoms with Crippen molar-refractivity contribution >= 4 is 11.8 Å². The molecular formula is C17H24S. The summed E-state index contributed by atoms with van der Waals surface area (Å²) in [4.78, 5) is 2.40. The first-order valence-corrected chi connectivity index (χ1v) is 6.90. The second-order valence-electron chi connectivity index (χ2n) is 4.27. The Hall–Kier alpha value is -1.21. The van der Waals surface area contributed by atoms with Gasteiger partial charge in [0.15, 0.2) is 0 Å². The van der Waals surface area contributed by atoms with E-state index < -0.39 is 0 Å². The Morgan fingerprint density at radius 2 is 1.67 bits per heavy atom. The van der Waals surface area contributed by atoms with Crippen molar-refractivity contribution in [2.24, 2.45) is 0 Å². The molecule has 0 saturated carbocycles. The highest BCUT2D eigenvalue weighted by molar-refractivity contribution is 8.07. The summed E-state index contributed by atoms with van der Waals surface area (Å²) in [6.45, 7) is 18.1. The fourth-order valence-corrected chi connectivity index (χ4v) is 2.16. The quantitative estimate of drug-likeness (QED) is 0.514. The average molecular weight is 260 g/mol. The fraction of sp³-hybridized carbons (Fsp3) is 0.294. The van der Waals surface area contributed by atoms with Crippen LogP contribution in [0.3, 0.4) is 0 Å². The summed E-state index contributed by atoms with van der Waals surface area (Å²) in [6, 6.07) is 0. The van der Waals surface area contributed by atoms with E-state index in [1.165, 1.54) is 26.5 Å². The smallest absolute Gasteiger partial charge is 0.0119 e. The van der Waals surface area contributed by atoms with Crippen LogP contribution >= 0.6 is 11.8 Å². The Morgan fingerprint density at radius 1 is 1.06 bits per heavy atom. The minimum absolute atomic E-state index is 1.17. The molecule has 0 saturated heterocycles.